The molecule has 1 aromatic carbocycles. The van der Waals surface area contributed by atoms with Gasteiger partial charge in [-0.2, -0.15) is 0 Å². The second kappa shape index (κ2) is 7.95. The third-order valence-electron chi connectivity index (χ3n) is 3.37. The first-order valence-corrected chi connectivity index (χ1v) is 8.80. The monoisotopic (exact) mass is 341 g/mol. The van der Waals surface area contributed by atoms with Crippen LogP contribution in [0.15, 0.2) is 28.7 Å². The maximum absolute atomic E-state index is 12.1. The van der Waals surface area contributed by atoms with Gasteiger partial charge in [0.05, 0.1) is 5.75 Å². The van der Waals surface area contributed by atoms with Crippen molar-refractivity contribution in [3.05, 3.63) is 34.3 Å². The molecule has 0 N–H and O–H groups in total. The van der Waals surface area contributed by atoms with Gasteiger partial charge in [0.2, 0.25) is 5.91 Å². The second-order valence-electron chi connectivity index (χ2n) is 4.91. The van der Waals surface area contributed by atoms with Crippen molar-refractivity contribution >= 4 is 33.6 Å². The maximum Gasteiger partial charge on any atom is 0.232 e. The van der Waals surface area contributed by atoms with Gasteiger partial charge in [0, 0.05) is 23.3 Å². The summed E-state index contributed by atoms with van der Waals surface area (Å²) < 4.78 is 1.10. The van der Waals surface area contributed by atoms with Gasteiger partial charge in [0.15, 0.2) is 0 Å². The fourth-order valence-corrected chi connectivity index (χ4v) is 3.40. The standard InChI is InChI=1S/C15H20BrNOS/c16-14-7-5-13(6-8-14)11-19-12-15(18)17-9-3-1-2-4-10-17/h5-8H,1-4,9-12H2. The number of hydrogen-bond donors (Lipinski definition) is 0. The van der Waals surface area contributed by atoms with Crippen LogP contribution in [-0.2, 0) is 10.5 Å². The molecule has 1 saturated heterocycles. The van der Waals surface area contributed by atoms with Crippen molar-refractivity contribution in [3.8, 4) is 0 Å². The van der Waals surface area contributed by atoms with Crippen LogP contribution in [0.3, 0.4) is 0 Å². The van der Waals surface area contributed by atoms with Crippen molar-refractivity contribution in [1.29, 1.82) is 0 Å². The summed E-state index contributed by atoms with van der Waals surface area (Å²) in [7, 11) is 0. The molecule has 19 heavy (non-hydrogen) atoms. The quantitative estimate of drug-likeness (QED) is 0.822. The highest BCUT2D eigenvalue weighted by Gasteiger charge is 2.14. The number of rotatable bonds is 4. The van der Waals surface area contributed by atoms with Crippen molar-refractivity contribution < 1.29 is 4.79 Å². The van der Waals surface area contributed by atoms with E-state index in [9.17, 15) is 4.79 Å². The molecule has 1 aliphatic rings. The van der Waals surface area contributed by atoms with Crippen LogP contribution >= 0.6 is 27.7 Å². The lowest BCUT2D eigenvalue weighted by Gasteiger charge is -2.19. The Morgan fingerprint density at radius 3 is 2.37 bits per heavy atom. The first kappa shape index (κ1) is 14.9. The Bertz CT molecular complexity index is 399. The van der Waals surface area contributed by atoms with Crippen molar-refractivity contribution in [3.63, 3.8) is 0 Å². The van der Waals surface area contributed by atoms with Gasteiger partial charge >= 0.3 is 0 Å². The van der Waals surface area contributed by atoms with E-state index in [0.29, 0.717) is 11.7 Å². The molecule has 1 amide bonds. The molecule has 2 nitrogen and oxygen atoms in total. The molecule has 0 unspecified atom stereocenters. The topological polar surface area (TPSA) is 20.3 Å². The van der Waals surface area contributed by atoms with Gasteiger partial charge in [-0.1, -0.05) is 40.9 Å². The van der Waals surface area contributed by atoms with Gasteiger partial charge in [-0.05, 0) is 30.5 Å². The summed E-state index contributed by atoms with van der Waals surface area (Å²) >= 11 is 5.14. The third-order valence-corrected chi connectivity index (χ3v) is 4.88. The SMILES string of the molecule is O=C(CSCc1ccc(Br)cc1)N1CCCCCC1. The average molecular weight is 342 g/mol. The van der Waals surface area contributed by atoms with E-state index in [1.54, 1.807) is 11.8 Å². The molecule has 1 heterocycles. The van der Waals surface area contributed by atoms with E-state index in [1.165, 1.54) is 31.2 Å². The fourth-order valence-electron chi connectivity index (χ4n) is 2.25. The number of carbonyl (C=O) groups is 1. The van der Waals surface area contributed by atoms with Crippen LogP contribution in [0, 0.1) is 0 Å². The molecule has 0 aliphatic carbocycles. The lowest BCUT2D eigenvalue weighted by molar-refractivity contribution is -0.128. The molecule has 2 rings (SSSR count). The Morgan fingerprint density at radius 1 is 1.11 bits per heavy atom. The van der Waals surface area contributed by atoms with E-state index >= 15 is 0 Å². The number of nitrogens with zero attached hydrogens (tertiary/aromatic N) is 1. The molecule has 0 bridgehead atoms. The van der Waals surface area contributed by atoms with Crippen LogP contribution in [0.25, 0.3) is 0 Å². The van der Waals surface area contributed by atoms with E-state index in [-0.39, 0.29) is 0 Å². The first-order valence-electron chi connectivity index (χ1n) is 6.85. The normalized spacial score (nSPS) is 16.2. The van der Waals surface area contributed by atoms with Gasteiger partial charge < -0.3 is 4.90 Å². The Hall–Kier alpha value is -0.480. The van der Waals surface area contributed by atoms with E-state index in [2.05, 4.69) is 28.1 Å². The van der Waals surface area contributed by atoms with Crippen LogP contribution in [0.4, 0.5) is 0 Å². The van der Waals surface area contributed by atoms with E-state index in [4.69, 9.17) is 0 Å². The average Bonchev–Trinajstić information content (AvgIpc) is 2.70. The largest absolute Gasteiger partial charge is 0.342 e. The van der Waals surface area contributed by atoms with Crippen LogP contribution in [0.1, 0.15) is 31.2 Å². The lowest BCUT2D eigenvalue weighted by Crippen LogP contribution is -2.33. The molecule has 0 saturated carbocycles. The molecule has 0 spiro atoms. The molecule has 0 atom stereocenters. The lowest BCUT2D eigenvalue weighted by atomic mass is 10.2. The number of benzene rings is 1. The van der Waals surface area contributed by atoms with Gasteiger partial charge in [0.1, 0.15) is 0 Å². The van der Waals surface area contributed by atoms with Gasteiger partial charge in [0.25, 0.3) is 0 Å². The molecular formula is C15H20BrNOS. The first-order chi connectivity index (χ1) is 9.25. The molecule has 0 aromatic heterocycles. The molecular weight excluding hydrogens is 322 g/mol. The van der Waals surface area contributed by atoms with Crippen molar-refractivity contribution in [1.82, 2.24) is 4.90 Å². The number of thioether (sulfide) groups is 1. The number of carbonyl (C=O) groups excluding carboxylic acids is 1. The van der Waals surface area contributed by atoms with Crippen LogP contribution < -0.4 is 0 Å². The van der Waals surface area contributed by atoms with Crippen LogP contribution in [0.2, 0.25) is 0 Å². The molecule has 1 fully saturated rings. The predicted octanol–water partition coefficient (Wildman–Crippen LogP) is 4.08. The molecule has 104 valence electrons. The summed E-state index contributed by atoms with van der Waals surface area (Å²) in [6.45, 7) is 1.91. The highest BCUT2D eigenvalue weighted by Crippen LogP contribution is 2.17. The van der Waals surface area contributed by atoms with E-state index < -0.39 is 0 Å². The van der Waals surface area contributed by atoms with E-state index in [0.717, 1.165) is 23.3 Å². The minimum Gasteiger partial charge on any atom is -0.342 e. The molecule has 1 aromatic rings. The Balaban J connectivity index is 1.72. The minimum absolute atomic E-state index is 0.309. The Labute approximate surface area is 128 Å². The molecule has 4 heteroatoms. The van der Waals surface area contributed by atoms with Crippen molar-refractivity contribution in [2.75, 3.05) is 18.8 Å². The number of halogens is 1. The summed E-state index contributed by atoms with van der Waals surface area (Å²) in [5, 5.41) is 0. The summed E-state index contributed by atoms with van der Waals surface area (Å²) in [4.78, 5) is 14.1. The highest BCUT2D eigenvalue weighted by atomic mass is 79.9. The zero-order valence-corrected chi connectivity index (χ0v) is 13.5. The zero-order valence-electron chi connectivity index (χ0n) is 11.1. The maximum atomic E-state index is 12.1. The summed E-state index contributed by atoms with van der Waals surface area (Å²) in [5.74, 6) is 1.83. The summed E-state index contributed by atoms with van der Waals surface area (Å²) in [5.41, 5.74) is 1.27. The number of likely N-dealkylation sites (tertiary alicyclic amines) is 1. The van der Waals surface area contributed by atoms with Crippen LogP contribution in [-0.4, -0.2) is 29.6 Å². The smallest absolute Gasteiger partial charge is 0.232 e. The molecule has 1 aliphatic heterocycles. The van der Waals surface area contributed by atoms with E-state index in [1.807, 2.05) is 17.0 Å². The minimum atomic E-state index is 0.309. The van der Waals surface area contributed by atoms with Gasteiger partial charge in [-0.15, -0.1) is 11.8 Å². The second-order valence-corrected chi connectivity index (χ2v) is 6.82. The highest BCUT2D eigenvalue weighted by molar-refractivity contribution is 9.10. The Kier molecular flexibility index (Phi) is 6.24. The predicted molar refractivity (Wildman–Crippen MR) is 85.4 cm³/mol. The van der Waals surface area contributed by atoms with Crippen LogP contribution in [0.5, 0.6) is 0 Å². The zero-order chi connectivity index (χ0) is 13.5. The molecule has 0 radical (unpaired) electrons. The van der Waals surface area contributed by atoms with Crippen molar-refractivity contribution in [2.24, 2.45) is 0 Å². The van der Waals surface area contributed by atoms with Crippen molar-refractivity contribution in [2.45, 2.75) is 31.4 Å². The third kappa shape index (κ3) is 5.19. The summed E-state index contributed by atoms with van der Waals surface area (Å²) in [6, 6.07) is 8.31. The van der Waals surface area contributed by atoms with Gasteiger partial charge in [-0.25, -0.2) is 0 Å². The Morgan fingerprint density at radius 2 is 1.74 bits per heavy atom. The fraction of sp³-hybridized carbons (Fsp3) is 0.533. The summed E-state index contributed by atoms with van der Waals surface area (Å²) in [6.07, 6.45) is 4.89. The van der Waals surface area contributed by atoms with Gasteiger partial charge in [-0.3, -0.25) is 4.79 Å². The number of hydrogen-bond acceptors (Lipinski definition) is 2. The number of amides is 1.